The Morgan fingerprint density at radius 3 is 3.12 bits per heavy atom. The second kappa shape index (κ2) is 4.94. The third-order valence-electron chi connectivity index (χ3n) is 2.78. The largest absolute Gasteiger partial charge is 0.355 e. The molecule has 3 nitrogen and oxygen atoms in total. The molecule has 0 saturated carbocycles. The van der Waals surface area contributed by atoms with Crippen molar-refractivity contribution < 1.29 is 0 Å². The highest BCUT2D eigenvalue weighted by Gasteiger charge is 2.23. The van der Waals surface area contributed by atoms with Crippen LogP contribution in [0.4, 0.5) is 5.82 Å². The fourth-order valence-corrected chi connectivity index (χ4v) is 3.32. The zero-order valence-corrected chi connectivity index (χ0v) is 10.6. The third kappa shape index (κ3) is 2.11. The van der Waals surface area contributed by atoms with Crippen LogP contribution in [-0.4, -0.2) is 29.6 Å². The molecule has 0 amide bonds. The minimum Gasteiger partial charge on any atom is -0.355 e. The summed E-state index contributed by atoms with van der Waals surface area (Å²) in [6.45, 7) is 0. The van der Waals surface area contributed by atoms with Crippen molar-refractivity contribution in [2.75, 3.05) is 23.5 Å². The molecular weight excluding hydrogens is 242 g/mol. The van der Waals surface area contributed by atoms with Crippen molar-refractivity contribution in [3.05, 3.63) is 22.8 Å². The molecule has 0 spiro atoms. The summed E-state index contributed by atoms with van der Waals surface area (Å²) in [5.41, 5.74) is 0.490. The molecule has 1 saturated heterocycles. The van der Waals surface area contributed by atoms with Gasteiger partial charge in [0.1, 0.15) is 16.9 Å². The van der Waals surface area contributed by atoms with E-state index in [4.69, 9.17) is 16.9 Å². The molecule has 1 aliphatic rings. The first kappa shape index (κ1) is 11.6. The maximum Gasteiger partial charge on any atom is 0.148 e. The van der Waals surface area contributed by atoms with Gasteiger partial charge in [0.05, 0.1) is 5.56 Å². The fourth-order valence-electron chi connectivity index (χ4n) is 1.77. The highest BCUT2D eigenvalue weighted by Crippen LogP contribution is 2.30. The zero-order valence-electron chi connectivity index (χ0n) is 8.98. The third-order valence-corrected chi connectivity index (χ3v) is 4.30. The van der Waals surface area contributed by atoms with Crippen LogP contribution in [0.3, 0.4) is 0 Å². The van der Waals surface area contributed by atoms with Crippen molar-refractivity contribution >= 4 is 29.2 Å². The van der Waals surface area contributed by atoms with Crippen molar-refractivity contribution in [3.63, 3.8) is 0 Å². The Morgan fingerprint density at radius 2 is 2.50 bits per heavy atom. The Morgan fingerprint density at radius 1 is 1.69 bits per heavy atom. The Balaban J connectivity index is 2.29. The van der Waals surface area contributed by atoms with Crippen LogP contribution >= 0.6 is 23.4 Å². The first-order chi connectivity index (χ1) is 7.74. The second-order valence-electron chi connectivity index (χ2n) is 3.74. The quantitative estimate of drug-likeness (QED) is 0.812. The first-order valence-electron chi connectivity index (χ1n) is 5.09. The van der Waals surface area contributed by atoms with E-state index in [0.717, 1.165) is 12.2 Å². The van der Waals surface area contributed by atoms with Crippen LogP contribution in [0.25, 0.3) is 0 Å². The summed E-state index contributed by atoms with van der Waals surface area (Å²) in [4.78, 5) is 6.35. The molecule has 2 rings (SSSR count). The number of hydrogen-bond donors (Lipinski definition) is 0. The topological polar surface area (TPSA) is 39.9 Å². The van der Waals surface area contributed by atoms with Crippen molar-refractivity contribution in [2.45, 2.75) is 12.5 Å². The number of aromatic nitrogens is 1. The summed E-state index contributed by atoms with van der Waals surface area (Å²) < 4.78 is 0. The number of anilines is 1. The van der Waals surface area contributed by atoms with Gasteiger partial charge in [0.15, 0.2) is 0 Å². The van der Waals surface area contributed by atoms with Gasteiger partial charge in [-0.05, 0) is 18.2 Å². The molecule has 1 fully saturated rings. The molecule has 84 valence electrons. The summed E-state index contributed by atoms with van der Waals surface area (Å²) in [7, 11) is 1.99. The van der Waals surface area contributed by atoms with Gasteiger partial charge < -0.3 is 4.90 Å². The van der Waals surface area contributed by atoms with Crippen molar-refractivity contribution in [1.82, 2.24) is 4.98 Å². The van der Waals surface area contributed by atoms with Crippen LogP contribution < -0.4 is 4.90 Å². The minimum atomic E-state index is 0.462. The van der Waals surface area contributed by atoms with Crippen molar-refractivity contribution in [2.24, 2.45) is 0 Å². The monoisotopic (exact) mass is 253 g/mol. The van der Waals surface area contributed by atoms with Crippen LogP contribution in [0.5, 0.6) is 0 Å². The Labute approximate surface area is 104 Å². The van der Waals surface area contributed by atoms with E-state index in [9.17, 15) is 0 Å². The van der Waals surface area contributed by atoms with Gasteiger partial charge in [0.2, 0.25) is 0 Å². The first-order valence-corrected chi connectivity index (χ1v) is 6.62. The highest BCUT2D eigenvalue weighted by molar-refractivity contribution is 7.99. The molecule has 0 bridgehead atoms. The lowest BCUT2D eigenvalue weighted by atomic mass is 10.2. The van der Waals surface area contributed by atoms with Gasteiger partial charge in [-0.1, -0.05) is 11.6 Å². The highest BCUT2D eigenvalue weighted by atomic mass is 35.5. The summed E-state index contributed by atoms with van der Waals surface area (Å²) in [6.07, 6.45) is 2.79. The minimum absolute atomic E-state index is 0.462. The van der Waals surface area contributed by atoms with E-state index in [1.165, 1.54) is 5.75 Å². The predicted molar refractivity (Wildman–Crippen MR) is 68.1 cm³/mol. The summed E-state index contributed by atoms with van der Waals surface area (Å²) >= 11 is 8.09. The molecule has 5 heteroatoms. The molecule has 1 unspecified atom stereocenters. The van der Waals surface area contributed by atoms with Gasteiger partial charge in [0, 0.05) is 25.0 Å². The smallest absolute Gasteiger partial charge is 0.148 e. The van der Waals surface area contributed by atoms with E-state index in [2.05, 4.69) is 16.0 Å². The van der Waals surface area contributed by atoms with Gasteiger partial charge in [-0.2, -0.15) is 17.0 Å². The van der Waals surface area contributed by atoms with Crippen LogP contribution in [-0.2, 0) is 0 Å². The molecule has 2 heterocycles. The summed E-state index contributed by atoms with van der Waals surface area (Å²) in [5, 5.41) is 9.37. The lowest BCUT2D eigenvalue weighted by Crippen LogP contribution is -2.32. The number of rotatable bonds is 2. The standard InChI is InChI=1S/C11H12ClN3S/c1-15(9-3-5-16-7-9)11-10(12)8(6-13)2-4-14-11/h2,4,9H,3,5,7H2,1H3. The molecule has 0 radical (unpaired) electrons. The van der Waals surface area contributed by atoms with Gasteiger partial charge in [-0.25, -0.2) is 4.98 Å². The van der Waals surface area contributed by atoms with Crippen molar-refractivity contribution in [1.29, 1.82) is 5.26 Å². The number of pyridine rings is 1. The van der Waals surface area contributed by atoms with Gasteiger partial charge in [-0.3, -0.25) is 0 Å². The maximum absolute atomic E-state index is 8.91. The lowest BCUT2D eigenvalue weighted by Gasteiger charge is -2.25. The molecule has 1 atom stereocenters. The maximum atomic E-state index is 8.91. The number of thioether (sulfide) groups is 1. The zero-order chi connectivity index (χ0) is 11.5. The van der Waals surface area contributed by atoms with Crippen LogP contribution in [0.15, 0.2) is 12.3 Å². The number of nitrogens with zero attached hydrogens (tertiary/aromatic N) is 3. The van der Waals surface area contributed by atoms with Crippen molar-refractivity contribution in [3.8, 4) is 6.07 Å². The summed E-state index contributed by atoms with van der Waals surface area (Å²) in [5.74, 6) is 3.00. The number of halogens is 1. The molecule has 1 aromatic heterocycles. The number of nitriles is 1. The van der Waals surface area contributed by atoms with Crippen LogP contribution in [0, 0.1) is 11.3 Å². The Hall–Kier alpha value is -0.920. The normalized spacial score (nSPS) is 19.4. The van der Waals surface area contributed by atoms with E-state index < -0.39 is 0 Å². The van der Waals surface area contributed by atoms with Crippen LogP contribution in [0.2, 0.25) is 5.02 Å². The lowest BCUT2D eigenvalue weighted by molar-refractivity contribution is 0.692. The van der Waals surface area contributed by atoms with E-state index in [1.54, 1.807) is 12.3 Å². The molecule has 0 aliphatic carbocycles. The van der Waals surface area contributed by atoms with Crippen LogP contribution in [0.1, 0.15) is 12.0 Å². The molecule has 1 aromatic rings. The van der Waals surface area contributed by atoms with Gasteiger partial charge >= 0.3 is 0 Å². The van der Waals surface area contributed by atoms with E-state index in [0.29, 0.717) is 22.4 Å². The molecular formula is C11H12ClN3S. The van der Waals surface area contributed by atoms with Gasteiger partial charge in [-0.15, -0.1) is 0 Å². The van der Waals surface area contributed by atoms with E-state index >= 15 is 0 Å². The average Bonchev–Trinajstić information content (AvgIpc) is 2.82. The molecule has 0 aromatic carbocycles. The fraction of sp³-hybridized carbons (Fsp3) is 0.455. The molecule has 1 aliphatic heterocycles. The molecule has 16 heavy (non-hydrogen) atoms. The Kier molecular flexibility index (Phi) is 3.57. The SMILES string of the molecule is CN(c1nccc(C#N)c1Cl)C1CCSC1. The van der Waals surface area contributed by atoms with E-state index in [-0.39, 0.29) is 0 Å². The van der Waals surface area contributed by atoms with E-state index in [1.807, 2.05) is 18.8 Å². The number of hydrogen-bond acceptors (Lipinski definition) is 4. The second-order valence-corrected chi connectivity index (χ2v) is 5.26. The summed E-state index contributed by atoms with van der Waals surface area (Å²) in [6, 6.07) is 4.20. The predicted octanol–water partition coefficient (Wildman–Crippen LogP) is 2.55. The average molecular weight is 254 g/mol. The Bertz CT molecular complexity index is 424. The molecule has 0 N–H and O–H groups in total. The van der Waals surface area contributed by atoms with Gasteiger partial charge in [0.25, 0.3) is 0 Å².